The predicted molar refractivity (Wildman–Crippen MR) is 78.2 cm³/mol. The van der Waals surface area contributed by atoms with Crippen molar-refractivity contribution >= 4 is 11.3 Å². The minimum absolute atomic E-state index is 0.0745. The molecule has 3 nitrogen and oxygen atoms in total. The first-order chi connectivity index (χ1) is 9.33. The fourth-order valence-electron chi connectivity index (χ4n) is 2.58. The Bertz CT molecular complexity index is 444. The van der Waals surface area contributed by atoms with Crippen molar-refractivity contribution in [2.24, 2.45) is 5.92 Å². The number of likely N-dealkylation sites (tertiary alicyclic amines) is 1. The van der Waals surface area contributed by atoms with Crippen molar-refractivity contribution in [2.45, 2.75) is 19.4 Å². The van der Waals surface area contributed by atoms with Gasteiger partial charge in [0.15, 0.2) is 0 Å². The lowest BCUT2D eigenvalue weighted by molar-refractivity contribution is 0.0878. The van der Waals surface area contributed by atoms with E-state index >= 15 is 0 Å². The van der Waals surface area contributed by atoms with Gasteiger partial charge >= 0.3 is 0 Å². The zero-order valence-electron chi connectivity index (χ0n) is 11.4. The maximum atomic E-state index is 8.78. The van der Waals surface area contributed by atoms with E-state index in [4.69, 9.17) is 9.84 Å². The van der Waals surface area contributed by atoms with E-state index in [0.29, 0.717) is 5.92 Å². The van der Waals surface area contributed by atoms with Crippen LogP contribution in [0.5, 0.6) is 0 Å². The Kier molecular flexibility index (Phi) is 5.87. The number of thiophene rings is 1. The molecule has 1 unspecified atom stereocenters. The first-order valence-corrected chi connectivity index (χ1v) is 7.59. The van der Waals surface area contributed by atoms with E-state index in [0.717, 1.165) is 31.8 Å². The number of ether oxygens (including phenoxy) is 1. The van der Waals surface area contributed by atoms with Crippen LogP contribution in [0.1, 0.15) is 23.3 Å². The maximum Gasteiger partial charge on any atom is 0.104 e. The summed E-state index contributed by atoms with van der Waals surface area (Å²) in [5, 5.41) is 10.9. The highest BCUT2D eigenvalue weighted by atomic mass is 32.1. The van der Waals surface area contributed by atoms with Crippen LogP contribution < -0.4 is 0 Å². The molecule has 2 heterocycles. The second-order valence-electron chi connectivity index (χ2n) is 4.92. The molecule has 1 saturated heterocycles. The Morgan fingerprint density at radius 3 is 3.26 bits per heavy atom. The van der Waals surface area contributed by atoms with Crippen LogP contribution >= 0.6 is 11.3 Å². The van der Waals surface area contributed by atoms with Crippen molar-refractivity contribution in [2.75, 3.05) is 33.4 Å². The minimum atomic E-state index is -0.0745. The van der Waals surface area contributed by atoms with Gasteiger partial charge in [-0.2, -0.15) is 0 Å². The van der Waals surface area contributed by atoms with E-state index in [1.54, 1.807) is 18.4 Å². The Morgan fingerprint density at radius 2 is 2.47 bits per heavy atom. The predicted octanol–water partition coefficient (Wildman–Crippen LogP) is 1.95. The Labute approximate surface area is 119 Å². The lowest BCUT2D eigenvalue weighted by Gasteiger charge is -2.32. The number of aliphatic hydroxyl groups excluding tert-OH is 1. The Hall–Kier alpha value is -0.860. The molecular formula is C15H21NO2S. The summed E-state index contributed by atoms with van der Waals surface area (Å²) in [6.07, 6.45) is 2.52. The van der Waals surface area contributed by atoms with E-state index in [2.05, 4.69) is 22.1 Å². The first-order valence-electron chi connectivity index (χ1n) is 6.71. The van der Waals surface area contributed by atoms with Crippen molar-refractivity contribution in [3.63, 3.8) is 0 Å². The first kappa shape index (κ1) is 14.5. The van der Waals surface area contributed by atoms with Gasteiger partial charge in [0.1, 0.15) is 6.61 Å². The van der Waals surface area contributed by atoms with Gasteiger partial charge in [0.05, 0.1) is 6.61 Å². The van der Waals surface area contributed by atoms with E-state index in [9.17, 15) is 0 Å². The van der Waals surface area contributed by atoms with Crippen LogP contribution in [-0.2, 0) is 11.3 Å². The molecule has 1 aromatic rings. The minimum Gasteiger partial charge on any atom is -0.384 e. The summed E-state index contributed by atoms with van der Waals surface area (Å²) in [4.78, 5) is 3.79. The van der Waals surface area contributed by atoms with Gasteiger partial charge in [-0.25, -0.2) is 0 Å². The topological polar surface area (TPSA) is 32.7 Å². The van der Waals surface area contributed by atoms with Gasteiger partial charge < -0.3 is 9.84 Å². The zero-order valence-corrected chi connectivity index (χ0v) is 12.2. The molecule has 1 aliphatic rings. The van der Waals surface area contributed by atoms with E-state index < -0.39 is 0 Å². The third-order valence-electron chi connectivity index (χ3n) is 3.42. The van der Waals surface area contributed by atoms with Gasteiger partial charge in [-0.3, -0.25) is 4.90 Å². The molecule has 0 amide bonds. The van der Waals surface area contributed by atoms with Gasteiger partial charge in [0.25, 0.3) is 0 Å². The molecule has 0 saturated carbocycles. The maximum absolute atomic E-state index is 8.78. The van der Waals surface area contributed by atoms with Crippen molar-refractivity contribution in [3.8, 4) is 11.8 Å². The lowest BCUT2D eigenvalue weighted by atomic mass is 9.99. The van der Waals surface area contributed by atoms with Crippen molar-refractivity contribution in [1.29, 1.82) is 0 Å². The normalized spacial score (nSPS) is 20.0. The monoisotopic (exact) mass is 279 g/mol. The number of hydrogen-bond acceptors (Lipinski definition) is 4. The molecule has 1 fully saturated rings. The summed E-state index contributed by atoms with van der Waals surface area (Å²) in [7, 11) is 1.78. The van der Waals surface area contributed by atoms with Crippen LogP contribution in [0.4, 0.5) is 0 Å². The molecule has 2 rings (SSSR count). The largest absolute Gasteiger partial charge is 0.384 e. The van der Waals surface area contributed by atoms with E-state index in [-0.39, 0.29) is 6.61 Å². The molecule has 0 aromatic carbocycles. The summed E-state index contributed by atoms with van der Waals surface area (Å²) in [6, 6.07) is 2.04. The molecule has 1 aromatic heterocycles. The van der Waals surface area contributed by atoms with Crippen LogP contribution in [-0.4, -0.2) is 43.4 Å². The zero-order chi connectivity index (χ0) is 13.5. The molecule has 0 radical (unpaired) electrons. The molecular weight excluding hydrogens is 258 g/mol. The molecule has 1 atom stereocenters. The summed E-state index contributed by atoms with van der Waals surface area (Å²) >= 11 is 1.75. The molecule has 104 valence electrons. The molecule has 0 bridgehead atoms. The second kappa shape index (κ2) is 7.66. The second-order valence-corrected chi connectivity index (χ2v) is 5.92. The van der Waals surface area contributed by atoms with Crippen LogP contribution in [0.3, 0.4) is 0 Å². The third kappa shape index (κ3) is 4.32. The molecule has 1 aliphatic heterocycles. The van der Waals surface area contributed by atoms with Gasteiger partial charge in [-0.05, 0) is 36.8 Å². The van der Waals surface area contributed by atoms with Crippen molar-refractivity contribution in [3.05, 3.63) is 21.9 Å². The number of methoxy groups -OCH3 is 1. The van der Waals surface area contributed by atoms with E-state index in [1.807, 2.05) is 6.07 Å². The number of piperidine rings is 1. The average Bonchev–Trinajstić information content (AvgIpc) is 2.84. The van der Waals surface area contributed by atoms with Crippen molar-refractivity contribution in [1.82, 2.24) is 4.90 Å². The van der Waals surface area contributed by atoms with Crippen LogP contribution in [0.2, 0.25) is 0 Å². The summed E-state index contributed by atoms with van der Waals surface area (Å²) in [6.45, 7) is 4.02. The Morgan fingerprint density at radius 1 is 1.58 bits per heavy atom. The third-order valence-corrected chi connectivity index (χ3v) is 4.33. The molecule has 0 spiro atoms. The highest BCUT2D eigenvalue weighted by molar-refractivity contribution is 7.10. The number of hydrogen-bond donors (Lipinski definition) is 1. The number of aliphatic hydroxyl groups is 1. The lowest BCUT2D eigenvalue weighted by Crippen LogP contribution is -2.36. The highest BCUT2D eigenvalue weighted by Crippen LogP contribution is 2.23. The fraction of sp³-hybridized carbons (Fsp3) is 0.600. The van der Waals surface area contributed by atoms with Gasteiger partial charge in [0, 0.05) is 30.6 Å². The smallest absolute Gasteiger partial charge is 0.104 e. The number of nitrogens with zero attached hydrogens (tertiary/aromatic N) is 1. The summed E-state index contributed by atoms with van der Waals surface area (Å²) in [5.74, 6) is 6.42. The summed E-state index contributed by atoms with van der Waals surface area (Å²) in [5.41, 5.74) is 1.06. The van der Waals surface area contributed by atoms with Gasteiger partial charge in [0.2, 0.25) is 0 Å². The highest BCUT2D eigenvalue weighted by Gasteiger charge is 2.20. The molecule has 4 heteroatoms. The van der Waals surface area contributed by atoms with Crippen LogP contribution in [0, 0.1) is 17.8 Å². The van der Waals surface area contributed by atoms with Crippen LogP contribution in [0.15, 0.2) is 11.4 Å². The number of rotatable bonds is 4. The standard InChI is InChI=1S/C15H21NO2S/c1-18-12-13-4-2-7-16(10-13)11-15-14(5-3-8-17)6-9-19-15/h6,9,13,17H,2,4,7-8,10-12H2,1H3. The quantitative estimate of drug-likeness (QED) is 0.855. The Balaban J connectivity index is 1.95. The molecule has 1 N–H and O–H groups in total. The SMILES string of the molecule is COCC1CCCN(Cc2sccc2C#CCO)C1. The summed E-state index contributed by atoms with van der Waals surface area (Å²) < 4.78 is 5.27. The average molecular weight is 279 g/mol. The van der Waals surface area contributed by atoms with Gasteiger partial charge in [-0.1, -0.05) is 11.8 Å². The molecule has 0 aliphatic carbocycles. The fourth-order valence-corrected chi connectivity index (χ4v) is 3.45. The van der Waals surface area contributed by atoms with Gasteiger partial charge in [-0.15, -0.1) is 11.3 Å². The van der Waals surface area contributed by atoms with Crippen LogP contribution in [0.25, 0.3) is 0 Å². The molecule has 19 heavy (non-hydrogen) atoms. The van der Waals surface area contributed by atoms with E-state index in [1.165, 1.54) is 17.7 Å². The van der Waals surface area contributed by atoms with Crippen molar-refractivity contribution < 1.29 is 9.84 Å².